The Morgan fingerprint density at radius 1 is 1.27 bits per heavy atom. The van der Waals surface area contributed by atoms with Gasteiger partial charge in [0.25, 0.3) is 0 Å². The third kappa shape index (κ3) is 4.39. The number of hydrogen-bond donors (Lipinski definition) is 1. The molecule has 5 nitrogen and oxygen atoms in total. The summed E-state index contributed by atoms with van der Waals surface area (Å²) in [5, 5.41) is 2.76. The largest absolute Gasteiger partial charge is 0.323 e. The van der Waals surface area contributed by atoms with Crippen LogP contribution >= 0.6 is 0 Å². The number of nitrogens with zero attached hydrogens (tertiary/aromatic N) is 2. The second-order valence-electron chi connectivity index (χ2n) is 5.10. The number of rotatable bonds is 4. The van der Waals surface area contributed by atoms with Crippen LogP contribution in [0.25, 0.3) is 0 Å². The third-order valence-corrected chi connectivity index (χ3v) is 4.11. The summed E-state index contributed by atoms with van der Waals surface area (Å²) in [6.45, 7) is 2.41. The Balaban J connectivity index is 1.97. The number of aromatic nitrogens is 1. The number of benzene rings is 1. The van der Waals surface area contributed by atoms with Gasteiger partial charge in [0.2, 0.25) is 0 Å². The van der Waals surface area contributed by atoms with Crippen LogP contribution in [-0.2, 0) is 17.3 Å². The summed E-state index contributed by atoms with van der Waals surface area (Å²) in [4.78, 5) is 18.6. The highest BCUT2D eigenvalue weighted by Gasteiger charge is 2.10. The molecular weight excluding hydrogens is 298 g/mol. The monoisotopic (exact) mass is 317 g/mol. The van der Waals surface area contributed by atoms with Crippen molar-refractivity contribution in [3.8, 4) is 0 Å². The number of hydrogen-bond acceptors (Lipinski definition) is 3. The molecule has 0 spiro atoms. The first-order valence-electron chi connectivity index (χ1n) is 6.83. The molecule has 0 aliphatic heterocycles. The highest BCUT2D eigenvalue weighted by molar-refractivity contribution is 7.84. The van der Waals surface area contributed by atoms with Crippen LogP contribution < -0.4 is 5.32 Å². The first-order valence-corrected chi connectivity index (χ1v) is 8.38. The average Bonchev–Trinajstić information content (AvgIpc) is 2.47. The smallest absolute Gasteiger partial charge is 0.323 e. The molecule has 6 heteroatoms. The molecule has 0 aliphatic rings. The Labute approximate surface area is 132 Å². The highest BCUT2D eigenvalue weighted by atomic mass is 32.2. The molecule has 1 aromatic heterocycles. The van der Waals surface area contributed by atoms with Crippen molar-refractivity contribution in [2.24, 2.45) is 0 Å². The molecule has 0 unspecified atom stereocenters. The Morgan fingerprint density at radius 3 is 2.55 bits per heavy atom. The molecule has 2 aromatic rings. The Bertz CT molecular complexity index is 686. The number of pyridine rings is 1. The number of carbonyl (C=O) groups is 1. The van der Waals surface area contributed by atoms with E-state index >= 15 is 0 Å². The standard InChI is InChI=1S/C16H19N3O2S/c1-12-8-9-17-15(10-12)18-16(20)19(2)11-13-4-6-14(7-5-13)22(3)21/h4-10H,11H2,1-3H3,(H,17,18,20)/t22-/m0/s1. The minimum atomic E-state index is -0.989. The van der Waals surface area contributed by atoms with Crippen molar-refractivity contribution in [2.45, 2.75) is 18.4 Å². The zero-order valence-corrected chi connectivity index (χ0v) is 13.7. The van der Waals surface area contributed by atoms with Gasteiger partial charge in [0, 0.05) is 41.7 Å². The lowest BCUT2D eigenvalue weighted by molar-refractivity contribution is 0.220. The topological polar surface area (TPSA) is 62.3 Å². The van der Waals surface area contributed by atoms with Gasteiger partial charge in [0.1, 0.15) is 5.82 Å². The van der Waals surface area contributed by atoms with Crippen molar-refractivity contribution in [1.82, 2.24) is 9.88 Å². The fourth-order valence-corrected chi connectivity index (χ4v) is 2.46. The molecule has 0 radical (unpaired) electrons. The quantitative estimate of drug-likeness (QED) is 0.943. The first-order chi connectivity index (χ1) is 10.5. The third-order valence-electron chi connectivity index (χ3n) is 3.17. The number of carbonyl (C=O) groups excluding carboxylic acids is 1. The van der Waals surface area contributed by atoms with E-state index in [1.165, 1.54) is 0 Å². The van der Waals surface area contributed by atoms with Gasteiger partial charge in [0.15, 0.2) is 0 Å². The molecule has 1 aromatic carbocycles. The van der Waals surface area contributed by atoms with Crippen LogP contribution in [0.4, 0.5) is 10.6 Å². The summed E-state index contributed by atoms with van der Waals surface area (Å²) in [5.41, 5.74) is 2.01. The van der Waals surface area contributed by atoms with Gasteiger partial charge in [-0.05, 0) is 42.3 Å². The van der Waals surface area contributed by atoms with E-state index in [1.54, 1.807) is 24.4 Å². The number of aryl methyl sites for hydroxylation is 1. The van der Waals surface area contributed by atoms with Crippen LogP contribution in [0.5, 0.6) is 0 Å². The summed E-state index contributed by atoms with van der Waals surface area (Å²) < 4.78 is 11.3. The number of nitrogens with one attached hydrogen (secondary N) is 1. The van der Waals surface area contributed by atoms with E-state index < -0.39 is 10.8 Å². The van der Waals surface area contributed by atoms with E-state index in [-0.39, 0.29) is 6.03 Å². The van der Waals surface area contributed by atoms with Crippen molar-refractivity contribution in [1.29, 1.82) is 0 Å². The summed E-state index contributed by atoms with van der Waals surface area (Å²) in [6, 6.07) is 10.9. The second-order valence-corrected chi connectivity index (χ2v) is 6.48. The molecule has 1 heterocycles. The van der Waals surface area contributed by atoms with Crippen LogP contribution in [0, 0.1) is 6.92 Å². The molecule has 2 rings (SSSR count). The minimum Gasteiger partial charge on any atom is -0.323 e. The van der Waals surface area contributed by atoms with E-state index in [0.717, 1.165) is 16.0 Å². The average molecular weight is 317 g/mol. The summed E-state index contributed by atoms with van der Waals surface area (Å²) in [5.74, 6) is 0.536. The SMILES string of the molecule is Cc1ccnc(NC(=O)N(C)Cc2ccc([S@](C)=O)cc2)c1. The van der Waals surface area contributed by atoms with Gasteiger partial charge in [-0.2, -0.15) is 0 Å². The van der Waals surface area contributed by atoms with E-state index in [0.29, 0.717) is 12.4 Å². The normalized spacial score (nSPS) is 11.8. The lowest BCUT2D eigenvalue weighted by Crippen LogP contribution is -2.31. The molecule has 116 valence electrons. The van der Waals surface area contributed by atoms with Crippen LogP contribution in [0.2, 0.25) is 0 Å². The van der Waals surface area contributed by atoms with E-state index in [2.05, 4.69) is 10.3 Å². The van der Waals surface area contributed by atoms with Crippen LogP contribution in [-0.4, -0.2) is 33.4 Å². The molecule has 2 amide bonds. The maximum Gasteiger partial charge on any atom is 0.323 e. The van der Waals surface area contributed by atoms with Gasteiger partial charge in [-0.1, -0.05) is 12.1 Å². The lowest BCUT2D eigenvalue weighted by atomic mass is 10.2. The predicted octanol–water partition coefficient (Wildman–Crippen LogP) is 2.79. The number of amides is 2. The lowest BCUT2D eigenvalue weighted by Gasteiger charge is -2.18. The fraction of sp³-hybridized carbons (Fsp3) is 0.250. The van der Waals surface area contributed by atoms with Gasteiger partial charge in [-0.3, -0.25) is 9.53 Å². The van der Waals surface area contributed by atoms with Crippen LogP contribution in [0.15, 0.2) is 47.5 Å². The van der Waals surface area contributed by atoms with Crippen molar-refractivity contribution in [2.75, 3.05) is 18.6 Å². The Kier molecular flexibility index (Phi) is 5.27. The molecule has 0 aliphatic carbocycles. The maximum absolute atomic E-state index is 12.1. The first kappa shape index (κ1) is 16.2. The maximum atomic E-state index is 12.1. The van der Waals surface area contributed by atoms with Crippen LogP contribution in [0.1, 0.15) is 11.1 Å². The van der Waals surface area contributed by atoms with Gasteiger partial charge < -0.3 is 4.90 Å². The highest BCUT2D eigenvalue weighted by Crippen LogP contribution is 2.11. The van der Waals surface area contributed by atoms with Gasteiger partial charge in [0.05, 0.1) is 0 Å². The predicted molar refractivity (Wildman–Crippen MR) is 88.2 cm³/mol. The molecule has 0 saturated carbocycles. The fourth-order valence-electron chi connectivity index (χ4n) is 1.94. The summed E-state index contributed by atoms with van der Waals surface area (Å²) in [6.07, 6.45) is 3.30. The minimum absolute atomic E-state index is 0.221. The molecule has 22 heavy (non-hydrogen) atoms. The summed E-state index contributed by atoms with van der Waals surface area (Å²) >= 11 is 0. The molecule has 0 bridgehead atoms. The Hall–Kier alpha value is -2.21. The molecule has 1 N–H and O–H groups in total. The van der Waals surface area contributed by atoms with Crippen molar-refractivity contribution < 1.29 is 9.00 Å². The van der Waals surface area contributed by atoms with E-state index in [1.807, 2.05) is 43.3 Å². The van der Waals surface area contributed by atoms with Gasteiger partial charge in [-0.25, -0.2) is 9.78 Å². The molecule has 0 fully saturated rings. The number of anilines is 1. The molecular formula is C16H19N3O2S. The van der Waals surface area contributed by atoms with Crippen LogP contribution in [0.3, 0.4) is 0 Å². The van der Waals surface area contributed by atoms with Crippen molar-refractivity contribution in [3.63, 3.8) is 0 Å². The second kappa shape index (κ2) is 7.17. The number of urea groups is 1. The van der Waals surface area contributed by atoms with Gasteiger partial charge >= 0.3 is 6.03 Å². The van der Waals surface area contributed by atoms with Gasteiger partial charge in [-0.15, -0.1) is 0 Å². The molecule has 1 atom stereocenters. The van der Waals surface area contributed by atoms with Crippen molar-refractivity contribution in [3.05, 3.63) is 53.7 Å². The van der Waals surface area contributed by atoms with E-state index in [4.69, 9.17) is 0 Å². The zero-order valence-electron chi connectivity index (χ0n) is 12.9. The van der Waals surface area contributed by atoms with E-state index in [9.17, 15) is 9.00 Å². The summed E-state index contributed by atoms with van der Waals surface area (Å²) in [7, 11) is 0.731. The zero-order chi connectivity index (χ0) is 16.1. The Morgan fingerprint density at radius 2 is 1.95 bits per heavy atom. The molecule has 0 saturated heterocycles. The van der Waals surface area contributed by atoms with Crippen molar-refractivity contribution >= 4 is 22.6 Å².